The van der Waals surface area contributed by atoms with E-state index in [1.807, 2.05) is 0 Å². The second kappa shape index (κ2) is 3.16. The van der Waals surface area contributed by atoms with Crippen LogP contribution in [0, 0.1) is 5.82 Å². The van der Waals surface area contributed by atoms with Crippen LogP contribution in [0.5, 0.6) is 0 Å². The summed E-state index contributed by atoms with van der Waals surface area (Å²) in [6, 6.07) is 2.01. The van der Waals surface area contributed by atoms with Gasteiger partial charge in [0.2, 0.25) is 5.03 Å². The molecule has 0 spiro atoms. The number of rotatable bonds is 1. The van der Waals surface area contributed by atoms with Gasteiger partial charge in [0.1, 0.15) is 5.15 Å². The van der Waals surface area contributed by atoms with Crippen LogP contribution in [0.4, 0.5) is 4.39 Å². The Morgan fingerprint density at radius 1 is 1.42 bits per heavy atom. The molecular weight excluding hydrogens is 228 g/mol. The van der Waals surface area contributed by atoms with Crippen LogP contribution in [0.2, 0.25) is 5.15 Å². The summed E-state index contributed by atoms with van der Waals surface area (Å²) in [5.74, 6) is -1.02. The standard InChI is InChI=1S/C5H2Cl2FNO2S/c6-4-2-1-3(8)5(9-4)12(7,10)11/h1-2H. The van der Waals surface area contributed by atoms with E-state index in [0.717, 1.165) is 12.1 Å². The fraction of sp³-hybridized carbons (Fsp3) is 0. The van der Waals surface area contributed by atoms with Gasteiger partial charge < -0.3 is 0 Å². The summed E-state index contributed by atoms with van der Waals surface area (Å²) < 4.78 is 33.9. The summed E-state index contributed by atoms with van der Waals surface area (Å²) in [4.78, 5) is 3.21. The first-order valence-corrected chi connectivity index (χ1v) is 5.36. The Bertz CT molecular complexity index is 406. The average Bonchev–Trinajstić information content (AvgIpc) is 1.92. The Labute approximate surface area is 77.6 Å². The van der Waals surface area contributed by atoms with Gasteiger partial charge in [0.15, 0.2) is 5.82 Å². The van der Waals surface area contributed by atoms with E-state index in [-0.39, 0.29) is 5.15 Å². The number of hydrogen-bond donors (Lipinski definition) is 0. The highest BCUT2D eigenvalue weighted by molar-refractivity contribution is 8.13. The van der Waals surface area contributed by atoms with Gasteiger partial charge in [-0.15, -0.1) is 0 Å². The highest BCUT2D eigenvalue weighted by Crippen LogP contribution is 2.18. The van der Waals surface area contributed by atoms with E-state index < -0.39 is 19.9 Å². The van der Waals surface area contributed by atoms with Crippen LogP contribution in [-0.4, -0.2) is 13.4 Å². The molecule has 0 fully saturated rings. The predicted molar refractivity (Wildman–Crippen MR) is 42.2 cm³/mol. The van der Waals surface area contributed by atoms with Gasteiger partial charge in [0, 0.05) is 10.7 Å². The Morgan fingerprint density at radius 3 is 2.42 bits per heavy atom. The van der Waals surface area contributed by atoms with Gasteiger partial charge in [-0.3, -0.25) is 0 Å². The summed E-state index contributed by atoms with van der Waals surface area (Å²) in [6.45, 7) is 0. The molecule has 1 rings (SSSR count). The lowest BCUT2D eigenvalue weighted by Crippen LogP contribution is -1.98. The number of nitrogens with zero attached hydrogens (tertiary/aromatic N) is 1. The van der Waals surface area contributed by atoms with Crippen LogP contribution in [0.15, 0.2) is 17.2 Å². The third-order valence-corrected chi connectivity index (χ3v) is 2.41. The maximum absolute atomic E-state index is 12.7. The van der Waals surface area contributed by atoms with Crippen molar-refractivity contribution in [3.8, 4) is 0 Å². The third-order valence-electron chi connectivity index (χ3n) is 1.01. The highest BCUT2D eigenvalue weighted by atomic mass is 35.7. The van der Waals surface area contributed by atoms with Gasteiger partial charge in [0.05, 0.1) is 0 Å². The molecule has 0 unspecified atom stereocenters. The molecule has 0 saturated heterocycles. The molecule has 0 aliphatic heterocycles. The zero-order valence-electron chi connectivity index (χ0n) is 5.46. The SMILES string of the molecule is O=S(=O)(Cl)c1nc(Cl)ccc1F. The molecule has 0 radical (unpaired) electrons. The van der Waals surface area contributed by atoms with Gasteiger partial charge in [-0.1, -0.05) is 11.6 Å². The molecule has 0 bridgehead atoms. The van der Waals surface area contributed by atoms with Crippen LogP contribution >= 0.6 is 22.3 Å². The minimum absolute atomic E-state index is 0.129. The maximum Gasteiger partial charge on any atom is 0.281 e. The van der Waals surface area contributed by atoms with Gasteiger partial charge in [-0.25, -0.2) is 17.8 Å². The minimum atomic E-state index is -4.15. The minimum Gasteiger partial charge on any atom is -0.220 e. The molecule has 0 amide bonds. The molecule has 0 aliphatic rings. The number of halogens is 3. The van der Waals surface area contributed by atoms with E-state index in [4.69, 9.17) is 22.3 Å². The molecule has 3 nitrogen and oxygen atoms in total. The predicted octanol–water partition coefficient (Wildman–Crippen LogP) is 1.80. The topological polar surface area (TPSA) is 47.0 Å². The molecular formula is C5H2Cl2FNO2S. The van der Waals surface area contributed by atoms with E-state index in [1.165, 1.54) is 0 Å². The monoisotopic (exact) mass is 229 g/mol. The first-order chi connectivity index (χ1) is 5.41. The van der Waals surface area contributed by atoms with Crippen molar-refractivity contribution in [1.29, 1.82) is 0 Å². The molecule has 1 aromatic heterocycles. The summed E-state index contributed by atoms with van der Waals surface area (Å²) in [6.07, 6.45) is 0. The van der Waals surface area contributed by atoms with Crippen LogP contribution in [0.3, 0.4) is 0 Å². The Kier molecular flexibility index (Phi) is 2.55. The maximum atomic E-state index is 12.7. The molecule has 66 valence electrons. The van der Waals surface area contributed by atoms with E-state index in [2.05, 4.69) is 4.98 Å². The van der Waals surface area contributed by atoms with Crippen molar-refractivity contribution in [1.82, 2.24) is 4.98 Å². The molecule has 7 heteroatoms. The molecule has 0 aromatic carbocycles. The average molecular weight is 230 g/mol. The molecule has 0 N–H and O–H groups in total. The summed E-state index contributed by atoms with van der Waals surface area (Å²) in [5, 5.41) is -0.979. The van der Waals surface area contributed by atoms with E-state index in [0.29, 0.717) is 0 Å². The fourth-order valence-corrected chi connectivity index (χ4v) is 1.60. The van der Waals surface area contributed by atoms with Crippen LogP contribution in [-0.2, 0) is 9.05 Å². The fourth-order valence-electron chi connectivity index (χ4n) is 0.572. The van der Waals surface area contributed by atoms with Gasteiger partial charge in [-0.2, -0.15) is 0 Å². The number of aromatic nitrogens is 1. The first-order valence-electron chi connectivity index (χ1n) is 2.68. The summed E-state index contributed by atoms with van der Waals surface area (Å²) >= 11 is 5.32. The van der Waals surface area contributed by atoms with E-state index >= 15 is 0 Å². The van der Waals surface area contributed by atoms with Gasteiger partial charge in [-0.05, 0) is 12.1 Å². The number of hydrogen-bond acceptors (Lipinski definition) is 3. The molecule has 0 atom stereocenters. The molecule has 12 heavy (non-hydrogen) atoms. The molecule has 1 aromatic rings. The normalized spacial score (nSPS) is 11.6. The summed E-state index contributed by atoms with van der Waals surface area (Å²) in [5.41, 5.74) is 0. The Hall–Kier alpha value is -0.390. The zero-order valence-corrected chi connectivity index (χ0v) is 7.79. The Balaban J connectivity index is 3.43. The highest BCUT2D eigenvalue weighted by Gasteiger charge is 2.18. The van der Waals surface area contributed by atoms with Crippen molar-refractivity contribution in [2.45, 2.75) is 5.03 Å². The lowest BCUT2D eigenvalue weighted by atomic mass is 10.5. The van der Waals surface area contributed by atoms with E-state index in [1.54, 1.807) is 0 Å². The van der Waals surface area contributed by atoms with E-state index in [9.17, 15) is 12.8 Å². The van der Waals surface area contributed by atoms with Crippen LogP contribution in [0.1, 0.15) is 0 Å². The van der Waals surface area contributed by atoms with Crippen molar-refractivity contribution < 1.29 is 12.8 Å². The van der Waals surface area contributed by atoms with Crippen LogP contribution in [0.25, 0.3) is 0 Å². The van der Waals surface area contributed by atoms with Crippen molar-refractivity contribution in [3.05, 3.63) is 23.1 Å². The Morgan fingerprint density at radius 2 is 2.00 bits per heavy atom. The lowest BCUT2D eigenvalue weighted by Gasteiger charge is -1.96. The second-order valence-electron chi connectivity index (χ2n) is 1.86. The number of pyridine rings is 1. The molecule has 0 aliphatic carbocycles. The van der Waals surface area contributed by atoms with Gasteiger partial charge in [0.25, 0.3) is 9.05 Å². The first kappa shape index (κ1) is 9.70. The quantitative estimate of drug-likeness (QED) is 0.545. The summed E-state index contributed by atoms with van der Waals surface area (Å²) in [7, 11) is 0.693. The second-order valence-corrected chi connectivity index (χ2v) is 4.73. The van der Waals surface area contributed by atoms with Crippen molar-refractivity contribution in [2.75, 3.05) is 0 Å². The lowest BCUT2D eigenvalue weighted by molar-refractivity contribution is 0.562. The zero-order chi connectivity index (χ0) is 9.35. The smallest absolute Gasteiger partial charge is 0.220 e. The third kappa shape index (κ3) is 2.06. The largest absolute Gasteiger partial charge is 0.281 e. The van der Waals surface area contributed by atoms with Crippen molar-refractivity contribution in [3.63, 3.8) is 0 Å². The van der Waals surface area contributed by atoms with Crippen LogP contribution < -0.4 is 0 Å². The van der Waals surface area contributed by atoms with Gasteiger partial charge >= 0.3 is 0 Å². The van der Waals surface area contributed by atoms with Crippen molar-refractivity contribution >= 4 is 31.3 Å². The van der Waals surface area contributed by atoms with Crippen molar-refractivity contribution in [2.24, 2.45) is 0 Å². The molecule has 0 saturated carbocycles. The molecule has 1 heterocycles.